The van der Waals surface area contributed by atoms with Gasteiger partial charge in [0.15, 0.2) is 0 Å². The molecular weight excluding hydrogens is 296 g/mol. The molecule has 3 nitrogen and oxygen atoms in total. The number of aryl methyl sites for hydroxylation is 1. The lowest BCUT2D eigenvalue weighted by Gasteiger charge is -2.33. The number of benzene rings is 1. The fourth-order valence-corrected chi connectivity index (χ4v) is 3.53. The molecule has 0 unspecified atom stereocenters. The van der Waals surface area contributed by atoms with Crippen molar-refractivity contribution in [2.24, 2.45) is 5.92 Å². The van der Waals surface area contributed by atoms with Gasteiger partial charge in [0.1, 0.15) is 0 Å². The molecule has 3 rings (SSSR count). The first-order valence-corrected chi connectivity index (χ1v) is 9.03. The van der Waals surface area contributed by atoms with E-state index in [1.807, 2.05) is 24.4 Å². The van der Waals surface area contributed by atoms with Gasteiger partial charge < -0.3 is 4.90 Å². The molecule has 1 saturated heterocycles. The highest BCUT2D eigenvalue weighted by Crippen LogP contribution is 2.21. The van der Waals surface area contributed by atoms with Gasteiger partial charge in [-0.3, -0.25) is 9.78 Å². The summed E-state index contributed by atoms with van der Waals surface area (Å²) in [6, 6.07) is 16.6. The summed E-state index contributed by atoms with van der Waals surface area (Å²) < 4.78 is 0. The predicted molar refractivity (Wildman–Crippen MR) is 96.6 cm³/mol. The molecule has 0 N–H and O–H groups in total. The third-order valence-electron chi connectivity index (χ3n) is 4.79. The number of nitrogens with zero attached hydrogens (tertiary/aromatic N) is 2. The van der Waals surface area contributed by atoms with Gasteiger partial charge in [-0.1, -0.05) is 36.4 Å². The highest BCUT2D eigenvalue weighted by atomic mass is 16.2. The van der Waals surface area contributed by atoms with Gasteiger partial charge in [-0.2, -0.15) is 0 Å². The van der Waals surface area contributed by atoms with E-state index in [4.69, 9.17) is 0 Å². The first-order chi connectivity index (χ1) is 11.8. The molecule has 0 spiro atoms. The molecule has 126 valence electrons. The molecule has 0 aliphatic carbocycles. The molecule has 0 bridgehead atoms. The van der Waals surface area contributed by atoms with E-state index in [2.05, 4.69) is 40.2 Å². The average Bonchev–Trinajstić information content (AvgIpc) is 2.64. The van der Waals surface area contributed by atoms with Crippen LogP contribution in [0.5, 0.6) is 0 Å². The van der Waals surface area contributed by atoms with Crippen LogP contribution in [0.25, 0.3) is 0 Å². The quantitative estimate of drug-likeness (QED) is 0.808. The molecule has 0 saturated carbocycles. The van der Waals surface area contributed by atoms with Crippen molar-refractivity contribution in [3.05, 3.63) is 66.0 Å². The first kappa shape index (κ1) is 16.7. The molecule has 1 fully saturated rings. The van der Waals surface area contributed by atoms with E-state index in [0.29, 0.717) is 18.2 Å². The van der Waals surface area contributed by atoms with Crippen LogP contribution in [0.3, 0.4) is 0 Å². The van der Waals surface area contributed by atoms with Crippen molar-refractivity contribution in [3.63, 3.8) is 0 Å². The second-order valence-corrected chi connectivity index (χ2v) is 6.71. The van der Waals surface area contributed by atoms with E-state index in [-0.39, 0.29) is 0 Å². The first-order valence-electron chi connectivity index (χ1n) is 9.03. The van der Waals surface area contributed by atoms with Crippen molar-refractivity contribution in [2.45, 2.75) is 38.5 Å². The molecule has 1 atom stereocenters. The maximum atomic E-state index is 12.5. The van der Waals surface area contributed by atoms with E-state index in [1.54, 1.807) is 0 Å². The molecule has 1 aliphatic rings. The molecule has 24 heavy (non-hydrogen) atoms. The summed E-state index contributed by atoms with van der Waals surface area (Å²) >= 11 is 0. The number of aromatic nitrogens is 1. The van der Waals surface area contributed by atoms with Gasteiger partial charge in [-0.05, 0) is 55.7 Å². The van der Waals surface area contributed by atoms with Gasteiger partial charge in [0.05, 0.1) is 0 Å². The molecule has 0 radical (unpaired) electrons. The lowest BCUT2D eigenvalue weighted by atomic mass is 9.91. The summed E-state index contributed by atoms with van der Waals surface area (Å²) in [7, 11) is 0. The van der Waals surface area contributed by atoms with Gasteiger partial charge >= 0.3 is 0 Å². The van der Waals surface area contributed by atoms with E-state index in [0.717, 1.165) is 44.5 Å². The smallest absolute Gasteiger partial charge is 0.222 e. The van der Waals surface area contributed by atoms with Crippen LogP contribution in [0.15, 0.2) is 54.7 Å². The SMILES string of the molecule is O=C(CCCc1ccccn1)N1CCC[C@@H](Cc2ccccc2)C1. The number of carbonyl (C=O) groups is 1. The van der Waals surface area contributed by atoms with Crippen LogP contribution in [0.2, 0.25) is 0 Å². The zero-order chi connectivity index (χ0) is 16.6. The number of pyridine rings is 1. The van der Waals surface area contributed by atoms with Gasteiger partial charge in [0, 0.05) is 31.4 Å². The summed E-state index contributed by atoms with van der Waals surface area (Å²) in [5.74, 6) is 0.907. The Balaban J connectivity index is 1.44. The zero-order valence-electron chi connectivity index (χ0n) is 14.2. The Labute approximate surface area is 144 Å². The average molecular weight is 322 g/mol. The normalized spacial score (nSPS) is 17.7. The lowest BCUT2D eigenvalue weighted by Crippen LogP contribution is -2.40. The van der Waals surface area contributed by atoms with Crippen molar-refractivity contribution < 1.29 is 4.79 Å². The number of hydrogen-bond donors (Lipinski definition) is 0. The van der Waals surface area contributed by atoms with Gasteiger partial charge in [0.25, 0.3) is 0 Å². The summed E-state index contributed by atoms with van der Waals surface area (Å²) in [6.45, 7) is 1.84. The van der Waals surface area contributed by atoms with Crippen molar-refractivity contribution >= 4 is 5.91 Å². The Bertz CT molecular complexity index is 627. The van der Waals surface area contributed by atoms with Crippen LogP contribution in [-0.2, 0) is 17.6 Å². The Hall–Kier alpha value is -2.16. The van der Waals surface area contributed by atoms with Crippen molar-refractivity contribution in [2.75, 3.05) is 13.1 Å². The largest absolute Gasteiger partial charge is 0.342 e. The topological polar surface area (TPSA) is 33.2 Å². The predicted octanol–water partition coefficient (Wildman–Crippen LogP) is 3.89. The second-order valence-electron chi connectivity index (χ2n) is 6.71. The number of amides is 1. The van der Waals surface area contributed by atoms with Crippen LogP contribution >= 0.6 is 0 Å². The van der Waals surface area contributed by atoms with Crippen molar-refractivity contribution in [1.29, 1.82) is 0 Å². The maximum Gasteiger partial charge on any atom is 0.222 e. The van der Waals surface area contributed by atoms with E-state index < -0.39 is 0 Å². The fourth-order valence-electron chi connectivity index (χ4n) is 3.53. The van der Waals surface area contributed by atoms with Gasteiger partial charge in [-0.15, -0.1) is 0 Å². The Morgan fingerprint density at radius 1 is 1.12 bits per heavy atom. The highest BCUT2D eigenvalue weighted by molar-refractivity contribution is 5.76. The van der Waals surface area contributed by atoms with E-state index in [1.165, 1.54) is 12.0 Å². The molecule has 1 amide bonds. The number of rotatable bonds is 6. The Morgan fingerprint density at radius 3 is 2.75 bits per heavy atom. The molecule has 2 aromatic rings. The molecular formula is C21H26N2O. The summed E-state index contributed by atoms with van der Waals surface area (Å²) in [4.78, 5) is 18.9. The van der Waals surface area contributed by atoms with E-state index in [9.17, 15) is 4.79 Å². The standard InChI is InChI=1S/C21H26N2O/c24-21(13-6-12-20-11-4-5-14-22-20)23-15-7-10-19(17-23)16-18-8-2-1-3-9-18/h1-5,8-9,11,14,19H,6-7,10,12-13,15-17H2/t19-/m0/s1. The molecule has 3 heteroatoms. The summed E-state index contributed by atoms with van der Waals surface area (Å²) in [6.07, 6.45) is 7.66. The molecule has 1 aromatic heterocycles. The van der Waals surface area contributed by atoms with Crippen LogP contribution in [0, 0.1) is 5.92 Å². The zero-order valence-corrected chi connectivity index (χ0v) is 14.2. The molecule has 1 aliphatic heterocycles. The number of carbonyl (C=O) groups excluding carboxylic acids is 1. The van der Waals surface area contributed by atoms with Crippen LogP contribution < -0.4 is 0 Å². The van der Waals surface area contributed by atoms with E-state index >= 15 is 0 Å². The van der Waals surface area contributed by atoms with Crippen molar-refractivity contribution in [1.82, 2.24) is 9.88 Å². The lowest BCUT2D eigenvalue weighted by molar-refractivity contribution is -0.133. The fraction of sp³-hybridized carbons (Fsp3) is 0.429. The minimum absolute atomic E-state index is 0.309. The number of piperidine rings is 1. The maximum absolute atomic E-state index is 12.5. The van der Waals surface area contributed by atoms with Crippen LogP contribution in [-0.4, -0.2) is 28.9 Å². The minimum Gasteiger partial charge on any atom is -0.342 e. The van der Waals surface area contributed by atoms with Gasteiger partial charge in [0.2, 0.25) is 5.91 Å². The van der Waals surface area contributed by atoms with Crippen LogP contribution in [0.1, 0.15) is 36.9 Å². The highest BCUT2D eigenvalue weighted by Gasteiger charge is 2.23. The minimum atomic E-state index is 0.309. The Morgan fingerprint density at radius 2 is 1.96 bits per heavy atom. The Kier molecular flexibility index (Phi) is 6.00. The molecule has 2 heterocycles. The second kappa shape index (κ2) is 8.62. The number of likely N-dealkylation sites (tertiary alicyclic amines) is 1. The monoisotopic (exact) mass is 322 g/mol. The summed E-state index contributed by atoms with van der Waals surface area (Å²) in [5, 5.41) is 0. The third kappa shape index (κ3) is 4.92. The van der Waals surface area contributed by atoms with Crippen LogP contribution in [0.4, 0.5) is 0 Å². The van der Waals surface area contributed by atoms with Gasteiger partial charge in [-0.25, -0.2) is 0 Å². The summed E-state index contributed by atoms with van der Waals surface area (Å²) in [5.41, 5.74) is 2.46. The molecule has 1 aromatic carbocycles. The number of hydrogen-bond acceptors (Lipinski definition) is 2. The third-order valence-corrected chi connectivity index (χ3v) is 4.79. The van der Waals surface area contributed by atoms with Crippen molar-refractivity contribution in [3.8, 4) is 0 Å².